The van der Waals surface area contributed by atoms with Crippen LogP contribution in [0.25, 0.3) is 0 Å². The Balaban J connectivity index is 2.38. The zero-order valence-electron chi connectivity index (χ0n) is 11.1. The van der Waals surface area contributed by atoms with Gasteiger partial charge in [-0.3, -0.25) is 9.79 Å². The third kappa shape index (κ3) is 5.61. The summed E-state index contributed by atoms with van der Waals surface area (Å²) in [7, 11) is 3.03. The van der Waals surface area contributed by atoms with E-state index in [1.165, 1.54) is 7.11 Å². The molecule has 0 unspecified atom stereocenters. The molecule has 1 rings (SSSR count). The summed E-state index contributed by atoms with van der Waals surface area (Å²) in [4.78, 5) is 15.0. The van der Waals surface area contributed by atoms with E-state index in [1.807, 2.05) is 24.3 Å². The van der Waals surface area contributed by atoms with Crippen molar-refractivity contribution in [3.05, 3.63) is 34.9 Å². The monoisotopic (exact) mass is 283 g/mol. The molecule has 0 spiro atoms. The minimum atomic E-state index is -0.256. The fourth-order valence-electron chi connectivity index (χ4n) is 1.43. The number of hydrogen-bond donors (Lipinski definition) is 2. The van der Waals surface area contributed by atoms with Crippen LogP contribution in [-0.4, -0.2) is 32.6 Å². The molecule has 0 bridgehead atoms. The summed E-state index contributed by atoms with van der Waals surface area (Å²) in [5, 5.41) is 6.85. The predicted molar refractivity (Wildman–Crippen MR) is 76.3 cm³/mol. The van der Waals surface area contributed by atoms with Gasteiger partial charge in [-0.25, -0.2) is 0 Å². The quantitative estimate of drug-likeness (QED) is 0.489. The van der Waals surface area contributed by atoms with Crippen molar-refractivity contribution in [2.75, 3.05) is 20.7 Å². The summed E-state index contributed by atoms with van der Waals surface area (Å²) in [5.74, 6) is 0.359. The fraction of sp³-hybridized carbons (Fsp3) is 0.385. The van der Waals surface area contributed by atoms with E-state index in [9.17, 15) is 4.79 Å². The third-order valence-electron chi connectivity index (χ3n) is 2.48. The Morgan fingerprint density at radius 1 is 1.37 bits per heavy atom. The molecule has 1 aromatic rings. The zero-order chi connectivity index (χ0) is 14.1. The Morgan fingerprint density at radius 2 is 2.11 bits per heavy atom. The smallest absolute Gasteiger partial charge is 0.307 e. The molecule has 0 heterocycles. The highest BCUT2D eigenvalue weighted by molar-refractivity contribution is 6.31. The van der Waals surface area contributed by atoms with E-state index < -0.39 is 0 Å². The molecule has 0 aliphatic heterocycles. The van der Waals surface area contributed by atoms with Gasteiger partial charge in [0.25, 0.3) is 0 Å². The summed E-state index contributed by atoms with van der Waals surface area (Å²) in [6, 6.07) is 7.59. The van der Waals surface area contributed by atoms with E-state index in [1.54, 1.807) is 7.05 Å². The van der Waals surface area contributed by atoms with E-state index in [4.69, 9.17) is 11.6 Å². The van der Waals surface area contributed by atoms with Gasteiger partial charge in [-0.2, -0.15) is 0 Å². The Kier molecular flexibility index (Phi) is 6.74. The summed E-state index contributed by atoms with van der Waals surface area (Å²) in [6.07, 6.45) is 0.295. The number of methoxy groups -OCH3 is 1. The van der Waals surface area contributed by atoms with Gasteiger partial charge >= 0.3 is 5.97 Å². The van der Waals surface area contributed by atoms with E-state index in [0.29, 0.717) is 30.5 Å². The van der Waals surface area contributed by atoms with Gasteiger partial charge in [0.15, 0.2) is 5.96 Å². The average molecular weight is 284 g/mol. The van der Waals surface area contributed by atoms with E-state index in [2.05, 4.69) is 20.4 Å². The van der Waals surface area contributed by atoms with Gasteiger partial charge in [0.2, 0.25) is 0 Å². The lowest BCUT2D eigenvalue weighted by Crippen LogP contribution is -2.38. The van der Waals surface area contributed by atoms with Gasteiger partial charge < -0.3 is 15.4 Å². The van der Waals surface area contributed by atoms with Crippen molar-refractivity contribution in [3.8, 4) is 0 Å². The first-order valence-electron chi connectivity index (χ1n) is 5.92. The maximum absolute atomic E-state index is 11.0. The number of nitrogens with zero attached hydrogens (tertiary/aromatic N) is 1. The number of carbonyl (C=O) groups is 1. The SMILES string of the molecule is CN=C(NCCC(=O)OC)NCc1ccccc1Cl. The van der Waals surface area contributed by atoms with Crippen LogP contribution in [-0.2, 0) is 16.1 Å². The number of rotatable bonds is 5. The molecule has 0 aliphatic carbocycles. The van der Waals surface area contributed by atoms with Gasteiger partial charge in [0, 0.05) is 25.2 Å². The Labute approximate surface area is 118 Å². The lowest BCUT2D eigenvalue weighted by Gasteiger charge is -2.12. The second-order valence-electron chi connectivity index (χ2n) is 3.77. The number of halogens is 1. The second kappa shape index (κ2) is 8.37. The van der Waals surface area contributed by atoms with E-state index in [0.717, 1.165) is 5.56 Å². The molecule has 0 fully saturated rings. The maximum atomic E-state index is 11.0. The Bertz CT molecular complexity index is 449. The van der Waals surface area contributed by atoms with Crippen LogP contribution in [0.4, 0.5) is 0 Å². The number of esters is 1. The van der Waals surface area contributed by atoms with Crippen LogP contribution in [0.1, 0.15) is 12.0 Å². The number of hydrogen-bond acceptors (Lipinski definition) is 3. The second-order valence-corrected chi connectivity index (χ2v) is 4.18. The topological polar surface area (TPSA) is 62.7 Å². The molecule has 2 N–H and O–H groups in total. The van der Waals surface area contributed by atoms with Crippen LogP contribution in [0.5, 0.6) is 0 Å². The number of guanidine groups is 1. The molecule has 0 amide bonds. The molecule has 104 valence electrons. The number of carbonyl (C=O) groups excluding carboxylic acids is 1. The third-order valence-corrected chi connectivity index (χ3v) is 2.85. The highest BCUT2D eigenvalue weighted by atomic mass is 35.5. The van der Waals surface area contributed by atoms with Crippen molar-refractivity contribution in [3.63, 3.8) is 0 Å². The van der Waals surface area contributed by atoms with Gasteiger partial charge in [0.05, 0.1) is 13.5 Å². The van der Waals surface area contributed by atoms with Crippen molar-refractivity contribution in [1.29, 1.82) is 0 Å². The van der Waals surface area contributed by atoms with Gasteiger partial charge in [0.1, 0.15) is 0 Å². The summed E-state index contributed by atoms with van der Waals surface area (Å²) >= 11 is 6.05. The van der Waals surface area contributed by atoms with E-state index in [-0.39, 0.29) is 5.97 Å². The molecule has 0 saturated carbocycles. The van der Waals surface area contributed by atoms with E-state index >= 15 is 0 Å². The molecular weight excluding hydrogens is 266 g/mol. The highest BCUT2D eigenvalue weighted by Crippen LogP contribution is 2.13. The van der Waals surface area contributed by atoms with Crippen molar-refractivity contribution in [2.45, 2.75) is 13.0 Å². The summed E-state index contributed by atoms with van der Waals surface area (Å²) in [6.45, 7) is 1.03. The van der Waals surface area contributed by atoms with Crippen LogP contribution in [0.15, 0.2) is 29.3 Å². The number of nitrogens with one attached hydrogen (secondary N) is 2. The molecule has 0 aliphatic rings. The first-order chi connectivity index (χ1) is 9.17. The van der Waals surface area contributed by atoms with Crippen LogP contribution in [0, 0.1) is 0 Å². The largest absolute Gasteiger partial charge is 0.469 e. The first-order valence-corrected chi connectivity index (χ1v) is 6.30. The van der Waals surface area contributed by atoms with Crippen molar-refractivity contribution < 1.29 is 9.53 Å². The molecule has 0 atom stereocenters. The van der Waals surface area contributed by atoms with Crippen LogP contribution in [0.2, 0.25) is 5.02 Å². The van der Waals surface area contributed by atoms with Crippen molar-refractivity contribution in [1.82, 2.24) is 10.6 Å². The van der Waals surface area contributed by atoms with Crippen molar-refractivity contribution in [2.24, 2.45) is 4.99 Å². The minimum absolute atomic E-state index is 0.256. The predicted octanol–water partition coefficient (Wildman–Crippen LogP) is 1.57. The lowest BCUT2D eigenvalue weighted by molar-refractivity contribution is -0.140. The lowest BCUT2D eigenvalue weighted by atomic mass is 10.2. The van der Waals surface area contributed by atoms with Crippen LogP contribution < -0.4 is 10.6 Å². The molecule has 1 aromatic carbocycles. The van der Waals surface area contributed by atoms with Gasteiger partial charge in [-0.05, 0) is 11.6 Å². The zero-order valence-corrected chi connectivity index (χ0v) is 11.8. The molecule has 0 saturated heterocycles. The number of aliphatic imine (C=N–C) groups is 1. The summed E-state index contributed by atoms with van der Waals surface area (Å²) < 4.78 is 4.55. The number of ether oxygens (including phenoxy) is 1. The maximum Gasteiger partial charge on any atom is 0.307 e. The van der Waals surface area contributed by atoms with Gasteiger partial charge in [-0.15, -0.1) is 0 Å². The molecular formula is C13H18ClN3O2. The van der Waals surface area contributed by atoms with Crippen LogP contribution >= 0.6 is 11.6 Å². The molecule has 19 heavy (non-hydrogen) atoms. The molecule has 0 aromatic heterocycles. The first kappa shape index (κ1) is 15.3. The average Bonchev–Trinajstić information content (AvgIpc) is 2.43. The normalized spacial score (nSPS) is 11.0. The highest BCUT2D eigenvalue weighted by Gasteiger charge is 2.03. The van der Waals surface area contributed by atoms with Gasteiger partial charge in [-0.1, -0.05) is 29.8 Å². The van der Waals surface area contributed by atoms with Crippen LogP contribution in [0.3, 0.4) is 0 Å². The minimum Gasteiger partial charge on any atom is -0.469 e. The van der Waals surface area contributed by atoms with Crippen molar-refractivity contribution >= 4 is 23.5 Å². The molecule has 6 heteroatoms. The Morgan fingerprint density at radius 3 is 2.74 bits per heavy atom. The molecule has 5 nitrogen and oxygen atoms in total. The standard InChI is InChI=1S/C13H18ClN3O2/c1-15-13(16-8-7-12(18)19-2)17-9-10-5-3-4-6-11(10)14/h3-6H,7-9H2,1-2H3,(H2,15,16,17). The molecule has 0 radical (unpaired) electrons. The number of benzene rings is 1. The fourth-order valence-corrected chi connectivity index (χ4v) is 1.63. The summed E-state index contributed by atoms with van der Waals surface area (Å²) in [5.41, 5.74) is 0.986. The Hall–Kier alpha value is -1.75.